The van der Waals surface area contributed by atoms with Gasteiger partial charge in [0.1, 0.15) is 13.6 Å². The van der Waals surface area contributed by atoms with Crippen LogP contribution in [0.3, 0.4) is 0 Å². The lowest BCUT2D eigenvalue weighted by atomic mass is 9.83. The minimum atomic E-state index is -0.474. The number of amides is 1. The van der Waals surface area contributed by atoms with Gasteiger partial charge in [-0.2, -0.15) is 0 Å². The molecule has 0 unspecified atom stereocenters. The summed E-state index contributed by atoms with van der Waals surface area (Å²) in [6.45, 7) is 5.58. The lowest BCUT2D eigenvalue weighted by molar-refractivity contribution is -0.0576. The van der Waals surface area contributed by atoms with Crippen LogP contribution in [0.15, 0.2) is 54.7 Å². The summed E-state index contributed by atoms with van der Waals surface area (Å²) in [6.07, 6.45) is 4.27. The Bertz CT molecular complexity index is 1060. The lowest BCUT2D eigenvalue weighted by Gasteiger charge is -2.50. The second kappa shape index (κ2) is 7.89. The van der Waals surface area contributed by atoms with Crippen LogP contribution in [0.4, 0.5) is 0 Å². The normalized spacial score (nSPS) is 19.1. The first-order chi connectivity index (χ1) is 14.7. The Morgan fingerprint density at radius 2 is 1.90 bits per heavy atom. The molecule has 2 aliphatic heterocycles. The monoisotopic (exact) mass is 416 g/mol. The lowest BCUT2D eigenvalue weighted by Crippen LogP contribution is -2.64. The Morgan fingerprint density at radius 1 is 1.19 bits per heavy atom. The average Bonchev–Trinajstić information content (AvgIpc) is 2.74. The summed E-state index contributed by atoms with van der Waals surface area (Å²) in [4.78, 5) is 15.0. The highest BCUT2D eigenvalue weighted by molar-refractivity contribution is 6.32. The number of nitrogens with two attached hydrogens (primary N) is 1. The van der Waals surface area contributed by atoms with Crippen LogP contribution in [0.2, 0.25) is 0 Å². The van der Waals surface area contributed by atoms with Crippen LogP contribution >= 0.6 is 0 Å². The molecule has 6 nitrogen and oxygen atoms in total. The summed E-state index contributed by atoms with van der Waals surface area (Å²) in [5.41, 5.74) is 8.63. The fourth-order valence-corrected chi connectivity index (χ4v) is 4.59. The fraction of sp³-hybridized carbons (Fsp3) is 0.333. The average molecular weight is 416 g/mol. The van der Waals surface area contributed by atoms with E-state index in [1.165, 1.54) is 23.3 Å². The van der Waals surface area contributed by atoms with E-state index < -0.39 is 5.72 Å². The van der Waals surface area contributed by atoms with Crippen LogP contribution < -0.4 is 21.3 Å². The summed E-state index contributed by atoms with van der Waals surface area (Å²) in [5.74, 6) is 0.903. The van der Waals surface area contributed by atoms with Gasteiger partial charge in [0.2, 0.25) is 0 Å². The van der Waals surface area contributed by atoms with Crippen molar-refractivity contribution in [2.45, 2.75) is 38.0 Å². The molecule has 2 heterocycles. The SMILES string of the molecule is Bc1ccc2c(c1)C(C)(C)NC1(CCN(C(=O)c3cccc(C(=N)/C=C\N)c3)CC1)O2. The number of carbonyl (C=O) groups excluding carboxylic acids is 1. The summed E-state index contributed by atoms with van der Waals surface area (Å²) >= 11 is 0. The second-order valence-corrected chi connectivity index (χ2v) is 8.99. The molecule has 7 heteroatoms. The van der Waals surface area contributed by atoms with Gasteiger partial charge >= 0.3 is 0 Å². The standard InChI is InChI=1S/C24H29BN4O2/c1-23(2)19-15-18(25)6-7-21(19)31-24(28-23)9-12-29(13-10-24)22(30)17-5-3-4-16(14-17)20(27)8-11-26/h3-8,11,14-15,27-28H,9-10,12-13,25-26H2,1-2H3/b11-8-,27-20?. The van der Waals surface area contributed by atoms with E-state index in [1.807, 2.05) is 11.0 Å². The van der Waals surface area contributed by atoms with Crippen molar-refractivity contribution < 1.29 is 9.53 Å². The van der Waals surface area contributed by atoms with Gasteiger partial charge in [0.25, 0.3) is 5.91 Å². The molecule has 1 amide bonds. The van der Waals surface area contributed by atoms with Crippen molar-refractivity contribution in [3.8, 4) is 5.75 Å². The number of carbonyl (C=O) groups is 1. The molecule has 1 spiro atoms. The number of benzene rings is 2. The Kier molecular flexibility index (Phi) is 5.39. The van der Waals surface area contributed by atoms with Gasteiger partial charge in [-0.3, -0.25) is 10.1 Å². The molecule has 0 radical (unpaired) electrons. The number of ether oxygens (including phenoxy) is 1. The number of fused-ring (bicyclic) bond motifs is 1. The van der Waals surface area contributed by atoms with Crippen molar-refractivity contribution >= 4 is 24.9 Å². The third kappa shape index (κ3) is 4.10. The minimum Gasteiger partial charge on any atom is -0.472 e. The molecule has 0 atom stereocenters. The van der Waals surface area contributed by atoms with Crippen molar-refractivity contribution in [2.24, 2.45) is 5.73 Å². The molecule has 2 aromatic rings. The molecule has 4 rings (SSSR count). The summed E-state index contributed by atoms with van der Waals surface area (Å²) in [5, 5.41) is 11.8. The molecule has 0 saturated carbocycles. The third-order valence-corrected chi connectivity index (χ3v) is 6.20. The van der Waals surface area contributed by atoms with Crippen molar-refractivity contribution in [3.63, 3.8) is 0 Å². The van der Waals surface area contributed by atoms with Crippen LogP contribution in [-0.4, -0.2) is 43.2 Å². The Morgan fingerprint density at radius 3 is 2.61 bits per heavy atom. The number of rotatable bonds is 3. The first-order valence-corrected chi connectivity index (χ1v) is 10.7. The molecule has 31 heavy (non-hydrogen) atoms. The van der Waals surface area contributed by atoms with Gasteiger partial charge in [-0.05, 0) is 44.3 Å². The van der Waals surface area contributed by atoms with Crippen molar-refractivity contribution in [2.75, 3.05) is 13.1 Å². The largest absolute Gasteiger partial charge is 0.472 e. The molecule has 4 N–H and O–H groups in total. The molecular weight excluding hydrogens is 387 g/mol. The van der Waals surface area contributed by atoms with Crippen molar-refractivity contribution in [1.29, 1.82) is 5.41 Å². The van der Waals surface area contributed by atoms with E-state index >= 15 is 0 Å². The Hall–Kier alpha value is -3.06. The van der Waals surface area contributed by atoms with Gasteiger partial charge in [-0.1, -0.05) is 29.7 Å². The van der Waals surface area contributed by atoms with Crippen LogP contribution in [0.25, 0.3) is 0 Å². The number of hydrogen-bond acceptors (Lipinski definition) is 5. The van der Waals surface area contributed by atoms with E-state index in [0.29, 0.717) is 37.1 Å². The van der Waals surface area contributed by atoms with Gasteiger partial charge in [0.05, 0.1) is 5.71 Å². The predicted molar refractivity (Wildman–Crippen MR) is 126 cm³/mol. The molecule has 2 aromatic carbocycles. The first-order valence-electron chi connectivity index (χ1n) is 10.7. The van der Waals surface area contributed by atoms with E-state index in [-0.39, 0.29) is 17.2 Å². The molecule has 1 saturated heterocycles. The molecule has 2 aliphatic rings. The number of piperidine rings is 1. The van der Waals surface area contributed by atoms with Gasteiger partial charge in [-0.25, -0.2) is 0 Å². The van der Waals surface area contributed by atoms with E-state index in [2.05, 4.69) is 45.2 Å². The van der Waals surface area contributed by atoms with E-state index in [1.54, 1.807) is 18.2 Å². The van der Waals surface area contributed by atoms with Gasteiger partial charge < -0.3 is 20.8 Å². The van der Waals surface area contributed by atoms with Crippen LogP contribution in [0.5, 0.6) is 5.75 Å². The van der Waals surface area contributed by atoms with E-state index in [4.69, 9.17) is 15.9 Å². The Balaban J connectivity index is 1.49. The highest BCUT2D eigenvalue weighted by Gasteiger charge is 2.46. The molecule has 1 fully saturated rings. The number of nitrogens with zero attached hydrogens (tertiary/aromatic N) is 1. The Labute approximate surface area is 184 Å². The van der Waals surface area contributed by atoms with Crippen LogP contribution in [0, 0.1) is 5.41 Å². The molecule has 0 aliphatic carbocycles. The second-order valence-electron chi connectivity index (χ2n) is 8.99. The quantitative estimate of drug-likeness (QED) is 0.524. The predicted octanol–water partition coefficient (Wildman–Crippen LogP) is 1.63. The summed E-state index contributed by atoms with van der Waals surface area (Å²) in [7, 11) is 2.09. The first kappa shape index (κ1) is 21.2. The van der Waals surface area contributed by atoms with E-state index in [0.717, 1.165) is 5.75 Å². The molecular formula is C24H29BN4O2. The van der Waals surface area contributed by atoms with Crippen LogP contribution in [0.1, 0.15) is 48.2 Å². The number of hydrogen-bond donors (Lipinski definition) is 3. The number of nitrogens with one attached hydrogen (secondary N) is 2. The maximum absolute atomic E-state index is 13.1. The zero-order valence-electron chi connectivity index (χ0n) is 18.4. The van der Waals surface area contributed by atoms with E-state index in [9.17, 15) is 4.79 Å². The zero-order chi connectivity index (χ0) is 22.2. The molecule has 0 bridgehead atoms. The number of likely N-dealkylation sites (tertiary alicyclic amines) is 1. The van der Waals surface area contributed by atoms with Gasteiger partial charge in [-0.15, -0.1) is 0 Å². The van der Waals surface area contributed by atoms with Crippen LogP contribution in [-0.2, 0) is 5.54 Å². The smallest absolute Gasteiger partial charge is 0.253 e. The zero-order valence-corrected chi connectivity index (χ0v) is 18.4. The highest BCUT2D eigenvalue weighted by atomic mass is 16.5. The highest BCUT2D eigenvalue weighted by Crippen LogP contribution is 2.40. The summed E-state index contributed by atoms with van der Waals surface area (Å²) in [6, 6.07) is 13.5. The third-order valence-electron chi connectivity index (χ3n) is 6.20. The minimum absolute atomic E-state index is 0.0210. The fourth-order valence-electron chi connectivity index (χ4n) is 4.59. The number of allylic oxidation sites excluding steroid dienone is 1. The topological polar surface area (TPSA) is 91.4 Å². The maximum atomic E-state index is 13.1. The molecule has 0 aromatic heterocycles. The maximum Gasteiger partial charge on any atom is 0.253 e. The van der Waals surface area contributed by atoms with Crippen molar-refractivity contribution in [3.05, 3.63) is 71.4 Å². The molecule has 160 valence electrons. The van der Waals surface area contributed by atoms with Gasteiger partial charge in [0, 0.05) is 48.2 Å². The summed E-state index contributed by atoms with van der Waals surface area (Å²) < 4.78 is 6.47. The van der Waals surface area contributed by atoms with Gasteiger partial charge in [0.15, 0.2) is 5.72 Å². The van der Waals surface area contributed by atoms with Crippen molar-refractivity contribution in [1.82, 2.24) is 10.2 Å².